The standard InChI is InChI=1S/C21H22N4O3S/c1-14(26)18-13-17(23-25(18)15-9-5-4-6-10-15)20(27)22-16-11-7-8-12-19(16)29-21(28)24(2)3/h4-12,18H,13H2,1-3H3,(H,22,27). The first-order valence-corrected chi connectivity index (χ1v) is 9.90. The number of ketones is 1. The first-order chi connectivity index (χ1) is 13.9. The summed E-state index contributed by atoms with van der Waals surface area (Å²) in [5.41, 5.74) is 1.55. The number of hydrogen-bond donors (Lipinski definition) is 1. The topological polar surface area (TPSA) is 82.1 Å². The van der Waals surface area contributed by atoms with Crippen molar-refractivity contribution in [1.82, 2.24) is 4.90 Å². The number of thioether (sulfide) groups is 1. The minimum absolute atomic E-state index is 0.0621. The largest absolute Gasteiger partial charge is 0.339 e. The Bertz CT molecular complexity index is 959. The number of para-hydroxylation sites is 2. The number of hydrazone groups is 1. The average molecular weight is 410 g/mol. The second-order valence-electron chi connectivity index (χ2n) is 6.77. The van der Waals surface area contributed by atoms with E-state index in [1.807, 2.05) is 30.3 Å². The van der Waals surface area contributed by atoms with Crippen LogP contribution in [-0.4, -0.2) is 47.7 Å². The quantitative estimate of drug-likeness (QED) is 0.762. The lowest BCUT2D eigenvalue weighted by molar-refractivity contribution is -0.118. The molecule has 0 aromatic heterocycles. The van der Waals surface area contributed by atoms with E-state index >= 15 is 0 Å². The Balaban J connectivity index is 1.81. The molecule has 1 aliphatic heterocycles. The SMILES string of the molecule is CC(=O)C1CC(C(=O)Nc2ccccc2SC(=O)N(C)C)=NN1c1ccccc1. The van der Waals surface area contributed by atoms with Gasteiger partial charge >= 0.3 is 0 Å². The van der Waals surface area contributed by atoms with Crippen LogP contribution in [0, 0.1) is 0 Å². The molecule has 0 saturated heterocycles. The van der Waals surface area contributed by atoms with E-state index in [4.69, 9.17) is 0 Å². The van der Waals surface area contributed by atoms with Crippen molar-refractivity contribution in [1.29, 1.82) is 0 Å². The number of amides is 2. The summed E-state index contributed by atoms with van der Waals surface area (Å²) < 4.78 is 0. The second kappa shape index (κ2) is 8.91. The molecule has 3 rings (SSSR count). The monoisotopic (exact) mass is 410 g/mol. The number of anilines is 2. The Morgan fingerprint density at radius 2 is 1.72 bits per heavy atom. The smallest absolute Gasteiger partial charge is 0.286 e. The van der Waals surface area contributed by atoms with Crippen molar-refractivity contribution in [3.63, 3.8) is 0 Å². The van der Waals surface area contributed by atoms with Crippen LogP contribution in [0.25, 0.3) is 0 Å². The van der Waals surface area contributed by atoms with Crippen LogP contribution in [-0.2, 0) is 9.59 Å². The number of rotatable bonds is 5. The molecule has 0 spiro atoms. The van der Waals surface area contributed by atoms with E-state index in [2.05, 4.69) is 10.4 Å². The fraction of sp³-hybridized carbons (Fsp3) is 0.238. The maximum Gasteiger partial charge on any atom is 0.286 e. The Morgan fingerprint density at radius 1 is 1.07 bits per heavy atom. The van der Waals surface area contributed by atoms with Gasteiger partial charge < -0.3 is 10.2 Å². The van der Waals surface area contributed by atoms with Gasteiger partial charge in [0.2, 0.25) is 0 Å². The van der Waals surface area contributed by atoms with Crippen LogP contribution < -0.4 is 10.3 Å². The van der Waals surface area contributed by atoms with E-state index in [9.17, 15) is 14.4 Å². The lowest BCUT2D eigenvalue weighted by atomic mass is 10.1. The lowest BCUT2D eigenvalue weighted by Crippen LogP contribution is -2.33. The van der Waals surface area contributed by atoms with Crippen molar-refractivity contribution >= 4 is 45.8 Å². The number of hydrogen-bond acceptors (Lipinski definition) is 6. The van der Waals surface area contributed by atoms with Gasteiger partial charge in [0, 0.05) is 25.4 Å². The van der Waals surface area contributed by atoms with Crippen molar-refractivity contribution in [3.05, 3.63) is 54.6 Å². The predicted molar refractivity (Wildman–Crippen MR) is 115 cm³/mol. The maximum atomic E-state index is 12.8. The van der Waals surface area contributed by atoms with Gasteiger partial charge in [-0.25, -0.2) is 0 Å². The van der Waals surface area contributed by atoms with Crippen LogP contribution >= 0.6 is 11.8 Å². The highest BCUT2D eigenvalue weighted by Crippen LogP contribution is 2.30. The molecule has 7 nitrogen and oxygen atoms in total. The zero-order valence-electron chi connectivity index (χ0n) is 16.5. The molecular weight excluding hydrogens is 388 g/mol. The van der Waals surface area contributed by atoms with Crippen molar-refractivity contribution in [3.8, 4) is 0 Å². The first-order valence-electron chi connectivity index (χ1n) is 9.08. The van der Waals surface area contributed by atoms with Crippen LogP contribution in [0.15, 0.2) is 64.6 Å². The van der Waals surface area contributed by atoms with Gasteiger partial charge in [0.1, 0.15) is 11.8 Å². The summed E-state index contributed by atoms with van der Waals surface area (Å²) in [6.45, 7) is 1.50. The molecule has 1 atom stereocenters. The first kappa shape index (κ1) is 20.6. The summed E-state index contributed by atoms with van der Waals surface area (Å²) in [4.78, 5) is 39.1. The third-order valence-corrected chi connectivity index (χ3v) is 5.48. The van der Waals surface area contributed by atoms with Gasteiger partial charge in [-0.3, -0.25) is 19.4 Å². The minimum atomic E-state index is -0.516. The molecule has 8 heteroatoms. The van der Waals surface area contributed by atoms with E-state index in [0.29, 0.717) is 10.6 Å². The summed E-state index contributed by atoms with van der Waals surface area (Å²) in [5.74, 6) is -0.451. The average Bonchev–Trinajstić information content (AvgIpc) is 3.16. The minimum Gasteiger partial charge on any atom is -0.339 e. The van der Waals surface area contributed by atoms with Gasteiger partial charge in [0.05, 0.1) is 11.4 Å². The van der Waals surface area contributed by atoms with Gasteiger partial charge in [-0.05, 0) is 43.0 Å². The van der Waals surface area contributed by atoms with Crippen molar-refractivity contribution in [2.45, 2.75) is 24.3 Å². The van der Waals surface area contributed by atoms with Gasteiger partial charge in [0.15, 0.2) is 5.78 Å². The molecule has 2 aromatic rings. The number of Topliss-reactive ketones (excluding diaryl/α,β-unsaturated/α-hetero) is 1. The molecule has 2 amide bonds. The number of nitrogens with zero attached hydrogens (tertiary/aromatic N) is 3. The fourth-order valence-electron chi connectivity index (χ4n) is 2.82. The molecule has 0 aliphatic carbocycles. The van der Waals surface area contributed by atoms with E-state index in [-0.39, 0.29) is 29.1 Å². The van der Waals surface area contributed by atoms with Gasteiger partial charge in [0.25, 0.3) is 11.1 Å². The Morgan fingerprint density at radius 3 is 2.38 bits per heavy atom. The van der Waals surface area contributed by atoms with Gasteiger partial charge in [-0.15, -0.1) is 0 Å². The lowest BCUT2D eigenvalue weighted by Gasteiger charge is -2.20. The Hall–Kier alpha value is -3.13. The van der Waals surface area contributed by atoms with Crippen molar-refractivity contribution in [2.24, 2.45) is 5.10 Å². The molecule has 1 aliphatic rings. The van der Waals surface area contributed by atoms with Crippen LogP contribution in [0.1, 0.15) is 13.3 Å². The number of carbonyl (C=O) groups is 3. The number of nitrogens with one attached hydrogen (secondary N) is 1. The molecule has 0 bridgehead atoms. The van der Waals surface area contributed by atoms with E-state index in [1.54, 1.807) is 43.4 Å². The van der Waals surface area contributed by atoms with Crippen LogP contribution in [0.5, 0.6) is 0 Å². The molecule has 1 N–H and O–H groups in total. The van der Waals surface area contributed by atoms with Crippen LogP contribution in [0.2, 0.25) is 0 Å². The van der Waals surface area contributed by atoms with Crippen LogP contribution in [0.4, 0.5) is 16.2 Å². The number of carbonyl (C=O) groups excluding carboxylic acids is 3. The molecule has 1 heterocycles. The molecule has 29 heavy (non-hydrogen) atoms. The normalized spacial score (nSPS) is 15.6. The molecule has 1 unspecified atom stereocenters. The van der Waals surface area contributed by atoms with E-state index in [0.717, 1.165) is 17.4 Å². The second-order valence-corrected chi connectivity index (χ2v) is 7.76. The highest BCUT2D eigenvalue weighted by molar-refractivity contribution is 8.13. The zero-order valence-corrected chi connectivity index (χ0v) is 17.3. The van der Waals surface area contributed by atoms with Gasteiger partial charge in [-0.1, -0.05) is 30.3 Å². The van der Waals surface area contributed by atoms with Crippen molar-refractivity contribution < 1.29 is 14.4 Å². The molecule has 0 saturated carbocycles. The van der Waals surface area contributed by atoms with Crippen molar-refractivity contribution in [2.75, 3.05) is 24.4 Å². The summed E-state index contributed by atoms with van der Waals surface area (Å²) in [7, 11) is 3.34. The maximum absolute atomic E-state index is 12.8. The summed E-state index contributed by atoms with van der Waals surface area (Å²) in [6.07, 6.45) is 0.224. The van der Waals surface area contributed by atoms with Gasteiger partial charge in [-0.2, -0.15) is 5.10 Å². The highest BCUT2D eigenvalue weighted by atomic mass is 32.2. The van der Waals surface area contributed by atoms with E-state index in [1.165, 1.54) is 11.8 Å². The molecule has 0 radical (unpaired) electrons. The fourth-order valence-corrected chi connectivity index (χ4v) is 3.57. The van der Waals surface area contributed by atoms with E-state index < -0.39 is 6.04 Å². The molecular formula is C21H22N4O3S. The third kappa shape index (κ3) is 4.83. The highest BCUT2D eigenvalue weighted by Gasteiger charge is 2.34. The third-order valence-electron chi connectivity index (χ3n) is 4.36. The number of benzene rings is 2. The molecule has 150 valence electrons. The molecule has 2 aromatic carbocycles. The summed E-state index contributed by atoms with van der Waals surface area (Å²) in [6, 6.07) is 15.9. The zero-order chi connectivity index (χ0) is 21.0. The van der Waals surface area contributed by atoms with Crippen LogP contribution in [0.3, 0.4) is 0 Å². The Labute approximate surface area is 173 Å². The summed E-state index contributed by atoms with van der Waals surface area (Å²) >= 11 is 1.03. The summed E-state index contributed by atoms with van der Waals surface area (Å²) in [5, 5.41) is 8.69. The Kier molecular flexibility index (Phi) is 6.33. The predicted octanol–water partition coefficient (Wildman–Crippen LogP) is 3.62. The molecule has 0 fully saturated rings.